The lowest BCUT2D eigenvalue weighted by Crippen LogP contribution is -2.53. The number of amides is 1. The zero-order chi connectivity index (χ0) is 32.5. The molecule has 0 radical (unpaired) electrons. The third-order valence-corrected chi connectivity index (χ3v) is 10.6. The van der Waals surface area contributed by atoms with Crippen LogP contribution >= 0.6 is 11.3 Å². The Morgan fingerprint density at radius 2 is 1.96 bits per heavy atom. The van der Waals surface area contributed by atoms with Crippen molar-refractivity contribution >= 4 is 28.1 Å². The largest absolute Gasteiger partial charge is 0.388 e. The molecule has 1 N–H and O–H groups in total. The molecule has 0 aliphatic carbocycles. The SMILES string of the molecule is Cn1cc(-c2scc3c(=O)n(CC4(O)CCN(C(=O)[C@@H]5CCN(Cc6ccnc(C#N)c6)C[C@H]5c5ccccc5)CC4)cnc23)cn1. The molecule has 1 aromatic carbocycles. The van der Waals surface area contributed by atoms with Crippen LogP contribution < -0.4 is 5.56 Å². The number of carbonyl (C=O) groups is 1. The van der Waals surface area contributed by atoms with E-state index in [1.165, 1.54) is 22.2 Å². The van der Waals surface area contributed by atoms with Gasteiger partial charge in [0, 0.05) is 68.4 Å². The molecule has 1 amide bonds. The average Bonchev–Trinajstić information content (AvgIpc) is 3.73. The number of nitrogens with zero attached hydrogens (tertiary/aromatic N) is 8. The van der Waals surface area contributed by atoms with Crippen LogP contribution in [0, 0.1) is 17.2 Å². The van der Waals surface area contributed by atoms with E-state index < -0.39 is 5.60 Å². The monoisotopic (exact) mass is 648 g/mol. The molecule has 0 bridgehead atoms. The van der Waals surface area contributed by atoms with Crippen molar-refractivity contribution in [1.29, 1.82) is 5.26 Å². The molecule has 6 heterocycles. The number of fused-ring (bicyclic) bond motifs is 1. The summed E-state index contributed by atoms with van der Waals surface area (Å²) in [5, 5.41) is 27.4. The summed E-state index contributed by atoms with van der Waals surface area (Å²) < 4.78 is 3.22. The molecular weight excluding hydrogens is 613 g/mol. The second kappa shape index (κ2) is 12.8. The standard InChI is InChI=1S/C35H36N8O3S/c1-40-19-26(17-39-40)32-31-30(21-47-32)34(45)43(23-38-31)22-35(46)9-13-42(14-10-35)33(44)28-8-12-41(18-24-7-11-37-27(15-24)16-36)20-29(28)25-5-3-2-4-6-25/h2-7,11,15,17,19,21,23,28-29,46H,8-10,12-14,18,20,22H2,1H3/t28-,29+/m1/s1. The summed E-state index contributed by atoms with van der Waals surface area (Å²) in [5.41, 5.74) is 2.83. The smallest absolute Gasteiger partial charge is 0.262 e. The summed E-state index contributed by atoms with van der Waals surface area (Å²) in [6, 6.07) is 16.1. The van der Waals surface area contributed by atoms with Gasteiger partial charge in [0.15, 0.2) is 0 Å². The number of thiophene rings is 1. The topological polar surface area (TPSA) is 133 Å². The molecule has 5 aromatic rings. The zero-order valence-corrected chi connectivity index (χ0v) is 27.0. The van der Waals surface area contributed by atoms with Crippen LogP contribution in [0.3, 0.4) is 0 Å². The minimum Gasteiger partial charge on any atom is -0.388 e. The summed E-state index contributed by atoms with van der Waals surface area (Å²) in [6.07, 6.45) is 8.34. The van der Waals surface area contributed by atoms with E-state index in [0.717, 1.165) is 41.1 Å². The molecule has 7 rings (SSSR count). The maximum Gasteiger partial charge on any atom is 0.262 e. The van der Waals surface area contributed by atoms with E-state index in [9.17, 15) is 20.0 Å². The Labute approximate surface area is 276 Å². The van der Waals surface area contributed by atoms with Gasteiger partial charge in [-0.15, -0.1) is 11.3 Å². The number of pyridine rings is 1. The molecule has 4 aromatic heterocycles. The van der Waals surface area contributed by atoms with Crippen molar-refractivity contribution in [2.75, 3.05) is 26.2 Å². The Morgan fingerprint density at radius 1 is 1.15 bits per heavy atom. The maximum atomic E-state index is 14.1. The minimum atomic E-state index is -1.12. The van der Waals surface area contributed by atoms with Gasteiger partial charge >= 0.3 is 0 Å². The van der Waals surface area contributed by atoms with E-state index in [2.05, 4.69) is 38.2 Å². The van der Waals surface area contributed by atoms with Crippen LogP contribution in [0.25, 0.3) is 21.3 Å². The van der Waals surface area contributed by atoms with Gasteiger partial charge in [0.05, 0.1) is 40.5 Å². The fourth-order valence-corrected chi connectivity index (χ4v) is 8.03. The highest BCUT2D eigenvalue weighted by atomic mass is 32.1. The van der Waals surface area contributed by atoms with E-state index in [1.807, 2.05) is 53.9 Å². The Balaban J connectivity index is 1.03. The molecule has 0 spiro atoms. The van der Waals surface area contributed by atoms with Crippen LogP contribution in [0.5, 0.6) is 0 Å². The molecule has 2 saturated heterocycles. The number of hydrogen-bond donors (Lipinski definition) is 1. The highest BCUT2D eigenvalue weighted by molar-refractivity contribution is 7.15. The van der Waals surface area contributed by atoms with Crippen molar-refractivity contribution in [2.24, 2.45) is 13.0 Å². The number of benzene rings is 1. The molecule has 2 aliphatic rings. The number of hydrogen-bond acceptors (Lipinski definition) is 9. The Kier molecular flexibility index (Phi) is 8.44. The minimum absolute atomic E-state index is 0.0223. The number of carbonyl (C=O) groups excluding carboxylic acids is 1. The number of likely N-dealkylation sites (tertiary alicyclic amines) is 2. The molecule has 12 heteroatoms. The van der Waals surface area contributed by atoms with E-state index in [-0.39, 0.29) is 29.8 Å². The van der Waals surface area contributed by atoms with Crippen LogP contribution in [-0.4, -0.2) is 76.9 Å². The molecule has 2 fully saturated rings. The van der Waals surface area contributed by atoms with Crippen molar-refractivity contribution in [1.82, 2.24) is 34.1 Å². The first-order chi connectivity index (χ1) is 22.8. The summed E-state index contributed by atoms with van der Waals surface area (Å²) in [6.45, 7) is 3.17. The van der Waals surface area contributed by atoms with E-state index in [0.29, 0.717) is 49.1 Å². The zero-order valence-electron chi connectivity index (χ0n) is 26.2. The number of aryl methyl sites for hydroxylation is 1. The van der Waals surface area contributed by atoms with Crippen molar-refractivity contribution in [3.63, 3.8) is 0 Å². The third-order valence-electron chi connectivity index (χ3n) is 9.61. The fraction of sp³-hybridized carbons (Fsp3) is 0.371. The highest BCUT2D eigenvalue weighted by Gasteiger charge is 2.41. The second-order valence-electron chi connectivity index (χ2n) is 12.8. The molecule has 11 nitrogen and oxygen atoms in total. The van der Waals surface area contributed by atoms with Crippen LogP contribution in [0.15, 0.2) is 77.6 Å². The fourth-order valence-electron chi connectivity index (χ4n) is 7.06. The van der Waals surface area contributed by atoms with Gasteiger partial charge < -0.3 is 10.0 Å². The van der Waals surface area contributed by atoms with E-state index in [1.54, 1.807) is 17.1 Å². The van der Waals surface area contributed by atoms with Gasteiger partial charge in [0.2, 0.25) is 5.91 Å². The highest BCUT2D eigenvalue weighted by Crippen LogP contribution is 2.36. The second-order valence-corrected chi connectivity index (χ2v) is 13.6. The lowest BCUT2D eigenvalue weighted by molar-refractivity contribution is -0.142. The van der Waals surface area contributed by atoms with Gasteiger partial charge in [-0.05, 0) is 49.1 Å². The Morgan fingerprint density at radius 3 is 2.70 bits per heavy atom. The van der Waals surface area contributed by atoms with Crippen LogP contribution in [0.2, 0.25) is 0 Å². The van der Waals surface area contributed by atoms with Crippen LogP contribution in [0.1, 0.15) is 42.0 Å². The summed E-state index contributed by atoms with van der Waals surface area (Å²) in [4.78, 5) is 41.4. The first-order valence-electron chi connectivity index (χ1n) is 15.9. The van der Waals surface area contributed by atoms with Gasteiger partial charge in [0.25, 0.3) is 5.56 Å². The van der Waals surface area contributed by atoms with Gasteiger partial charge in [-0.2, -0.15) is 10.4 Å². The van der Waals surface area contributed by atoms with Gasteiger partial charge in [-0.1, -0.05) is 30.3 Å². The predicted octanol–water partition coefficient (Wildman–Crippen LogP) is 3.78. The number of aliphatic hydroxyl groups is 1. The first kappa shape index (κ1) is 30.9. The molecule has 2 aliphatic heterocycles. The Hall–Kier alpha value is -4.70. The average molecular weight is 649 g/mol. The quantitative estimate of drug-likeness (QED) is 0.282. The lowest BCUT2D eigenvalue weighted by Gasteiger charge is -2.43. The summed E-state index contributed by atoms with van der Waals surface area (Å²) in [5.74, 6) is -0.0273. The molecular formula is C35H36N8O3S. The predicted molar refractivity (Wildman–Crippen MR) is 178 cm³/mol. The van der Waals surface area contributed by atoms with Gasteiger partial charge in [0.1, 0.15) is 11.8 Å². The van der Waals surface area contributed by atoms with E-state index in [4.69, 9.17) is 0 Å². The summed E-state index contributed by atoms with van der Waals surface area (Å²) in [7, 11) is 1.85. The Bertz CT molecular complexity index is 2000. The molecule has 240 valence electrons. The number of piperidine rings is 2. The summed E-state index contributed by atoms with van der Waals surface area (Å²) >= 11 is 1.46. The number of rotatable bonds is 7. The third kappa shape index (κ3) is 6.34. The number of nitriles is 1. The van der Waals surface area contributed by atoms with Crippen molar-refractivity contribution in [3.8, 4) is 16.5 Å². The van der Waals surface area contributed by atoms with Gasteiger partial charge in [-0.25, -0.2) is 9.97 Å². The van der Waals surface area contributed by atoms with Crippen molar-refractivity contribution in [2.45, 2.75) is 43.9 Å². The molecule has 47 heavy (non-hydrogen) atoms. The normalized spacial score (nSPS) is 19.9. The van der Waals surface area contributed by atoms with Crippen LogP contribution in [0.4, 0.5) is 0 Å². The molecule has 0 unspecified atom stereocenters. The lowest BCUT2D eigenvalue weighted by atomic mass is 9.79. The first-order valence-corrected chi connectivity index (χ1v) is 16.8. The van der Waals surface area contributed by atoms with Crippen molar-refractivity contribution in [3.05, 3.63) is 99.9 Å². The van der Waals surface area contributed by atoms with Crippen molar-refractivity contribution < 1.29 is 9.90 Å². The van der Waals surface area contributed by atoms with Crippen LogP contribution in [-0.2, 0) is 24.9 Å². The molecule has 0 saturated carbocycles. The molecule has 2 atom stereocenters. The maximum absolute atomic E-state index is 14.1. The number of aromatic nitrogens is 5. The van der Waals surface area contributed by atoms with E-state index >= 15 is 0 Å². The van der Waals surface area contributed by atoms with Gasteiger partial charge in [-0.3, -0.25) is 23.7 Å².